The van der Waals surface area contributed by atoms with Crippen molar-refractivity contribution in [3.05, 3.63) is 18.3 Å². The molecule has 0 N–H and O–H groups in total. The van der Waals surface area contributed by atoms with E-state index in [1.165, 1.54) is 0 Å². The summed E-state index contributed by atoms with van der Waals surface area (Å²) in [6, 6.07) is 3.87. The maximum atomic E-state index is 5.56. The van der Waals surface area contributed by atoms with Crippen LogP contribution in [0.5, 0.6) is 5.75 Å². The molecule has 0 aliphatic rings. The van der Waals surface area contributed by atoms with Gasteiger partial charge in [0.15, 0.2) is 0 Å². The van der Waals surface area contributed by atoms with Crippen molar-refractivity contribution in [1.82, 2.24) is 4.98 Å². The van der Waals surface area contributed by atoms with Crippen molar-refractivity contribution in [2.75, 3.05) is 18.7 Å². The summed E-state index contributed by atoms with van der Waals surface area (Å²) in [6.45, 7) is 0. The highest BCUT2D eigenvalue weighted by Crippen LogP contribution is 2.18. The molecule has 72 valence electrons. The highest BCUT2D eigenvalue weighted by atomic mass is 35.5. The number of nitrogens with zero attached hydrogens (tertiary/aromatic N) is 1. The third-order valence-electron chi connectivity index (χ3n) is 1.47. The third kappa shape index (κ3) is 3.87. The van der Waals surface area contributed by atoms with Gasteiger partial charge in [-0.05, 0) is 18.6 Å². The van der Waals surface area contributed by atoms with E-state index in [4.69, 9.17) is 16.3 Å². The normalized spacial score (nSPS) is 10.0. The Kier molecular flexibility index (Phi) is 5.01. The fourth-order valence-corrected chi connectivity index (χ4v) is 1.89. The molecule has 2 nitrogen and oxygen atoms in total. The lowest BCUT2D eigenvalue weighted by molar-refractivity contribution is 0.412. The van der Waals surface area contributed by atoms with Crippen LogP contribution in [0.4, 0.5) is 0 Å². The molecule has 0 aliphatic carbocycles. The largest absolute Gasteiger partial charge is 0.495 e. The highest BCUT2D eigenvalue weighted by molar-refractivity contribution is 7.99. The molecular formula is C9H12ClNOS. The molecule has 0 spiro atoms. The van der Waals surface area contributed by atoms with Crippen LogP contribution in [0.2, 0.25) is 0 Å². The lowest BCUT2D eigenvalue weighted by Gasteiger charge is -2.01. The standard InChI is InChI=1S/C9H12ClNOS/c1-12-8-3-4-9(11-7-8)13-6-2-5-10/h3-4,7H,2,5-6H2,1H3. The summed E-state index contributed by atoms with van der Waals surface area (Å²) in [4.78, 5) is 4.22. The number of rotatable bonds is 5. The van der Waals surface area contributed by atoms with Crippen LogP contribution in [0, 0.1) is 0 Å². The SMILES string of the molecule is COc1ccc(SCCCCl)nc1. The molecule has 1 rings (SSSR count). The van der Waals surface area contributed by atoms with E-state index < -0.39 is 0 Å². The summed E-state index contributed by atoms with van der Waals surface area (Å²) in [7, 11) is 1.64. The van der Waals surface area contributed by atoms with E-state index in [0.29, 0.717) is 5.88 Å². The van der Waals surface area contributed by atoms with Crippen molar-refractivity contribution in [2.45, 2.75) is 11.4 Å². The van der Waals surface area contributed by atoms with Crippen molar-refractivity contribution in [3.8, 4) is 5.75 Å². The van der Waals surface area contributed by atoms with Gasteiger partial charge in [-0.2, -0.15) is 0 Å². The minimum atomic E-state index is 0.711. The smallest absolute Gasteiger partial charge is 0.137 e. The number of hydrogen-bond donors (Lipinski definition) is 0. The van der Waals surface area contributed by atoms with E-state index in [1.807, 2.05) is 12.1 Å². The number of ether oxygens (including phenoxy) is 1. The van der Waals surface area contributed by atoms with Gasteiger partial charge in [-0.1, -0.05) is 0 Å². The van der Waals surface area contributed by atoms with Gasteiger partial charge in [0, 0.05) is 11.6 Å². The fourth-order valence-electron chi connectivity index (χ4n) is 0.804. The predicted octanol–water partition coefficient (Wildman–Crippen LogP) is 2.81. The second-order valence-corrected chi connectivity index (χ2v) is 3.92. The molecule has 0 amide bonds. The van der Waals surface area contributed by atoms with E-state index in [9.17, 15) is 0 Å². The first-order chi connectivity index (χ1) is 6.36. The van der Waals surface area contributed by atoms with Gasteiger partial charge in [-0.3, -0.25) is 0 Å². The van der Waals surface area contributed by atoms with Crippen LogP contribution >= 0.6 is 23.4 Å². The first-order valence-electron chi connectivity index (χ1n) is 4.05. The van der Waals surface area contributed by atoms with Crippen LogP contribution in [0.25, 0.3) is 0 Å². The summed E-state index contributed by atoms with van der Waals surface area (Å²) in [6.07, 6.45) is 2.74. The Morgan fingerprint density at radius 3 is 2.92 bits per heavy atom. The van der Waals surface area contributed by atoms with E-state index in [1.54, 1.807) is 25.1 Å². The van der Waals surface area contributed by atoms with Gasteiger partial charge in [-0.15, -0.1) is 23.4 Å². The van der Waals surface area contributed by atoms with Crippen molar-refractivity contribution in [3.63, 3.8) is 0 Å². The lowest BCUT2D eigenvalue weighted by Crippen LogP contribution is -1.86. The molecule has 0 saturated carbocycles. The molecule has 0 atom stereocenters. The Morgan fingerprint density at radius 1 is 1.54 bits per heavy atom. The van der Waals surface area contributed by atoms with Crippen LogP contribution in [0.3, 0.4) is 0 Å². The second-order valence-electron chi connectivity index (χ2n) is 2.43. The minimum Gasteiger partial charge on any atom is -0.495 e. The zero-order valence-electron chi connectivity index (χ0n) is 7.50. The molecule has 0 unspecified atom stereocenters. The monoisotopic (exact) mass is 217 g/mol. The van der Waals surface area contributed by atoms with Crippen LogP contribution < -0.4 is 4.74 Å². The van der Waals surface area contributed by atoms with Crippen molar-refractivity contribution in [1.29, 1.82) is 0 Å². The molecular weight excluding hydrogens is 206 g/mol. The van der Waals surface area contributed by atoms with Crippen molar-refractivity contribution >= 4 is 23.4 Å². The fraction of sp³-hybridized carbons (Fsp3) is 0.444. The third-order valence-corrected chi connectivity index (χ3v) is 2.77. The number of hydrogen-bond acceptors (Lipinski definition) is 3. The Hall–Kier alpha value is -0.410. The molecule has 1 aromatic rings. The van der Waals surface area contributed by atoms with Crippen LogP contribution in [0.15, 0.2) is 23.4 Å². The number of aromatic nitrogens is 1. The van der Waals surface area contributed by atoms with Crippen molar-refractivity contribution in [2.24, 2.45) is 0 Å². The maximum Gasteiger partial charge on any atom is 0.137 e. The summed E-state index contributed by atoms with van der Waals surface area (Å²) in [5.41, 5.74) is 0. The molecule has 13 heavy (non-hydrogen) atoms. The number of halogens is 1. The summed E-state index contributed by atoms with van der Waals surface area (Å²) in [5.74, 6) is 2.52. The zero-order valence-corrected chi connectivity index (χ0v) is 9.07. The first-order valence-corrected chi connectivity index (χ1v) is 5.57. The van der Waals surface area contributed by atoms with E-state index in [0.717, 1.165) is 22.9 Å². The van der Waals surface area contributed by atoms with Crippen LogP contribution in [-0.2, 0) is 0 Å². The molecule has 0 bridgehead atoms. The number of pyridine rings is 1. The molecule has 0 radical (unpaired) electrons. The topological polar surface area (TPSA) is 22.1 Å². The molecule has 1 heterocycles. The average molecular weight is 218 g/mol. The van der Waals surface area contributed by atoms with Gasteiger partial charge in [0.2, 0.25) is 0 Å². The molecule has 1 aromatic heterocycles. The summed E-state index contributed by atoms with van der Waals surface area (Å²) in [5, 5.41) is 1.02. The predicted molar refractivity (Wildman–Crippen MR) is 56.9 cm³/mol. The van der Waals surface area contributed by atoms with E-state index in [-0.39, 0.29) is 0 Å². The Morgan fingerprint density at radius 2 is 2.38 bits per heavy atom. The summed E-state index contributed by atoms with van der Waals surface area (Å²) >= 11 is 7.27. The number of alkyl halides is 1. The zero-order chi connectivity index (χ0) is 9.52. The Balaban J connectivity index is 2.40. The summed E-state index contributed by atoms with van der Waals surface area (Å²) < 4.78 is 5.00. The maximum absolute atomic E-state index is 5.56. The molecule has 4 heteroatoms. The quantitative estimate of drug-likeness (QED) is 0.430. The second kappa shape index (κ2) is 6.11. The highest BCUT2D eigenvalue weighted by Gasteiger charge is 1.95. The van der Waals surface area contributed by atoms with Gasteiger partial charge >= 0.3 is 0 Å². The van der Waals surface area contributed by atoms with Gasteiger partial charge in [0.25, 0.3) is 0 Å². The Labute approximate surface area is 87.7 Å². The Bertz CT molecular complexity index is 240. The van der Waals surface area contributed by atoms with Gasteiger partial charge in [-0.25, -0.2) is 4.98 Å². The van der Waals surface area contributed by atoms with Gasteiger partial charge < -0.3 is 4.74 Å². The van der Waals surface area contributed by atoms with Gasteiger partial charge in [0.1, 0.15) is 5.75 Å². The number of thioether (sulfide) groups is 1. The van der Waals surface area contributed by atoms with Crippen LogP contribution in [0.1, 0.15) is 6.42 Å². The average Bonchev–Trinajstić information content (AvgIpc) is 2.19. The van der Waals surface area contributed by atoms with Crippen LogP contribution in [-0.4, -0.2) is 23.7 Å². The van der Waals surface area contributed by atoms with E-state index in [2.05, 4.69) is 4.98 Å². The first kappa shape index (κ1) is 10.7. The lowest BCUT2D eigenvalue weighted by atomic mass is 10.5. The minimum absolute atomic E-state index is 0.711. The van der Waals surface area contributed by atoms with Gasteiger partial charge in [0.05, 0.1) is 18.3 Å². The van der Waals surface area contributed by atoms with E-state index >= 15 is 0 Å². The molecule has 0 fully saturated rings. The number of methoxy groups -OCH3 is 1. The molecule has 0 aliphatic heterocycles. The van der Waals surface area contributed by atoms with Crippen molar-refractivity contribution < 1.29 is 4.74 Å². The molecule has 0 aromatic carbocycles. The molecule has 0 saturated heterocycles.